The Morgan fingerprint density at radius 3 is 2.38 bits per heavy atom. The first-order valence-corrected chi connectivity index (χ1v) is 7.12. The van der Waals surface area contributed by atoms with Gasteiger partial charge in [0.2, 0.25) is 0 Å². The van der Waals surface area contributed by atoms with Gasteiger partial charge in [0.05, 0.1) is 27.5 Å². The fraction of sp³-hybridized carbons (Fsp3) is 0.312. The van der Waals surface area contributed by atoms with Crippen molar-refractivity contribution >= 4 is 17.4 Å². The molecule has 1 N–H and O–H groups in total. The van der Waals surface area contributed by atoms with Crippen LogP contribution in [0.3, 0.4) is 0 Å². The Morgan fingerprint density at radius 2 is 1.79 bits per heavy atom. The number of rotatable bonds is 6. The summed E-state index contributed by atoms with van der Waals surface area (Å²) in [6, 6.07) is 5.15. The zero-order chi connectivity index (χ0) is 17.7. The van der Waals surface area contributed by atoms with Gasteiger partial charge in [-0.05, 0) is 18.2 Å². The fourth-order valence-corrected chi connectivity index (χ4v) is 2.06. The van der Waals surface area contributed by atoms with Crippen LogP contribution in [0.4, 0.5) is 11.5 Å². The Bertz CT molecular complexity index is 734. The molecule has 2 aromatic rings. The summed E-state index contributed by atoms with van der Waals surface area (Å²) in [6.45, 7) is 0. The summed E-state index contributed by atoms with van der Waals surface area (Å²) in [7, 11) is 8.16. The van der Waals surface area contributed by atoms with Crippen LogP contribution in [-0.2, 0) is 0 Å². The summed E-state index contributed by atoms with van der Waals surface area (Å²) in [5, 5.41) is 2.79. The van der Waals surface area contributed by atoms with E-state index in [2.05, 4.69) is 15.3 Å². The van der Waals surface area contributed by atoms with Crippen LogP contribution in [0.15, 0.2) is 24.4 Å². The number of ether oxygens (including phenoxy) is 3. The van der Waals surface area contributed by atoms with E-state index in [1.165, 1.54) is 27.5 Å². The molecule has 0 radical (unpaired) electrons. The third-order valence-electron chi connectivity index (χ3n) is 3.25. The van der Waals surface area contributed by atoms with E-state index in [-0.39, 0.29) is 11.9 Å². The second kappa shape index (κ2) is 7.49. The Morgan fingerprint density at radius 1 is 1.08 bits per heavy atom. The quantitative estimate of drug-likeness (QED) is 0.863. The lowest BCUT2D eigenvalue weighted by molar-refractivity contribution is 0.102. The van der Waals surface area contributed by atoms with Gasteiger partial charge in [0.1, 0.15) is 5.69 Å². The number of carbonyl (C=O) groups excluding carboxylic acids is 1. The van der Waals surface area contributed by atoms with Gasteiger partial charge in [-0.25, -0.2) is 4.98 Å². The number of anilines is 2. The van der Waals surface area contributed by atoms with E-state index >= 15 is 0 Å². The van der Waals surface area contributed by atoms with Crippen molar-refractivity contribution in [2.45, 2.75) is 0 Å². The molecular weight excluding hydrogens is 312 g/mol. The van der Waals surface area contributed by atoms with Gasteiger partial charge >= 0.3 is 6.01 Å². The number of nitrogens with zero attached hydrogens (tertiary/aromatic N) is 3. The van der Waals surface area contributed by atoms with Gasteiger partial charge in [0.15, 0.2) is 17.3 Å². The first kappa shape index (κ1) is 17.3. The third-order valence-corrected chi connectivity index (χ3v) is 3.25. The zero-order valence-corrected chi connectivity index (χ0v) is 14.3. The summed E-state index contributed by atoms with van der Waals surface area (Å²) < 4.78 is 15.4. The van der Waals surface area contributed by atoms with E-state index in [9.17, 15) is 4.79 Å². The van der Waals surface area contributed by atoms with Gasteiger partial charge < -0.3 is 24.4 Å². The van der Waals surface area contributed by atoms with Gasteiger partial charge in [0, 0.05) is 19.7 Å². The second-order valence-corrected chi connectivity index (χ2v) is 5.01. The molecule has 128 valence electrons. The molecular formula is C16H20N4O4. The van der Waals surface area contributed by atoms with E-state index in [0.29, 0.717) is 28.6 Å². The molecule has 1 amide bonds. The molecule has 0 spiro atoms. The lowest BCUT2D eigenvalue weighted by Gasteiger charge is -2.17. The minimum atomic E-state index is -0.312. The predicted octanol–water partition coefficient (Wildman–Crippen LogP) is 1.82. The van der Waals surface area contributed by atoms with E-state index < -0.39 is 0 Å². The first-order valence-electron chi connectivity index (χ1n) is 7.12. The normalized spacial score (nSPS) is 10.0. The van der Waals surface area contributed by atoms with Crippen LogP contribution in [0.2, 0.25) is 0 Å². The molecule has 1 aromatic carbocycles. The Kier molecular flexibility index (Phi) is 5.41. The number of nitrogens with one attached hydrogen (secondary N) is 1. The van der Waals surface area contributed by atoms with Crippen molar-refractivity contribution in [3.05, 3.63) is 30.0 Å². The topological polar surface area (TPSA) is 85.8 Å². The molecule has 2 rings (SSSR count). The van der Waals surface area contributed by atoms with Gasteiger partial charge in [-0.3, -0.25) is 4.79 Å². The van der Waals surface area contributed by atoms with Crippen molar-refractivity contribution in [3.63, 3.8) is 0 Å². The largest absolute Gasteiger partial charge is 0.493 e. The fourth-order valence-electron chi connectivity index (χ4n) is 2.06. The minimum absolute atomic E-state index is 0.225. The van der Waals surface area contributed by atoms with Crippen LogP contribution < -0.4 is 24.4 Å². The van der Waals surface area contributed by atoms with Crippen molar-refractivity contribution in [1.29, 1.82) is 0 Å². The number of amides is 1. The van der Waals surface area contributed by atoms with E-state index in [0.717, 1.165) is 0 Å². The molecule has 0 aliphatic heterocycles. The maximum Gasteiger partial charge on any atom is 0.318 e. The van der Waals surface area contributed by atoms with E-state index in [1.54, 1.807) is 23.1 Å². The molecule has 1 heterocycles. The number of benzene rings is 1. The minimum Gasteiger partial charge on any atom is -0.493 e. The van der Waals surface area contributed by atoms with Crippen molar-refractivity contribution in [2.24, 2.45) is 0 Å². The summed E-state index contributed by atoms with van der Waals surface area (Å²) in [6.07, 6.45) is 1.50. The highest BCUT2D eigenvalue weighted by Crippen LogP contribution is 2.29. The maximum absolute atomic E-state index is 12.5. The smallest absolute Gasteiger partial charge is 0.318 e. The second-order valence-electron chi connectivity index (χ2n) is 5.01. The maximum atomic E-state index is 12.5. The highest BCUT2D eigenvalue weighted by atomic mass is 16.5. The Labute approximate surface area is 140 Å². The monoisotopic (exact) mass is 332 g/mol. The third kappa shape index (κ3) is 3.65. The molecule has 0 unspecified atom stereocenters. The van der Waals surface area contributed by atoms with Crippen LogP contribution >= 0.6 is 0 Å². The number of aromatic nitrogens is 2. The molecule has 0 atom stereocenters. The molecule has 0 aliphatic carbocycles. The first-order chi connectivity index (χ1) is 11.5. The molecule has 0 saturated heterocycles. The van der Waals surface area contributed by atoms with Gasteiger partial charge in [-0.1, -0.05) is 0 Å². The zero-order valence-electron chi connectivity index (χ0n) is 14.3. The highest BCUT2D eigenvalue weighted by molar-refractivity contribution is 6.05. The molecule has 0 aliphatic rings. The average molecular weight is 332 g/mol. The molecule has 8 heteroatoms. The predicted molar refractivity (Wildman–Crippen MR) is 90.4 cm³/mol. The van der Waals surface area contributed by atoms with Crippen molar-refractivity contribution in [3.8, 4) is 17.5 Å². The van der Waals surface area contributed by atoms with Crippen LogP contribution in [0, 0.1) is 0 Å². The lowest BCUT2D eigenvalue weighted by Crippen LogP contribution is -2.18. The van der Waals surface area contributed by atoms with Crippen molar-refractivity contribution in [2.75, 3.05) is 45.6 Å². The number of hydrogen-bond donors (Lipinski definition) is 1. The molecule has 8 nitrogen and oxygen atoms in total. The molecule has 1 aromatic heterocycles. The Balaban J connectivity index is 2.29. The van der Waals surface area contributed by atoms with Crippen molar-refractivity contribution < 1.29 is 19.0 Å². The number of hydrogen-bond acceptors (Lipinski definition) is 7. The van der Waals surface area contributed by atoms with Gasteiger partial charge in [0.25, 0.3) is 5.91 Å². The van der Waals surface area contributed by atoms with Crippen LogP contribution in [0.5, 0.6) is 17.5 Å². The molecule has 0 saturated carbocycles. The highest BCUT2D eigenvalue weighted by Gasteiger charge is 2.15. The number of methoxy groups -OCH3 is 3. The standard InChI is InChI=1S/C16H20N4O4/c1-20(2)14-11(9-17-16(19-14)24-5)18-15(21)10-6-7-12(22-3)13(8-10)23-4/h6-9H,1-5H3,(H,18,21). The van der Waals surface area contributed by atoms with Crippen molar-refractivity contribution in [1.82, 2.24) is 9.97 Å². The summed E-state index contributed by atoms with van der Waals surface area (Å²) in [5.41, 5.74) is 0.897. The Hall–Kier alpha value is -3.03. The molecule has 24 heavy (non-hydrogen) atoms. The summed E-state index contributed by atoms with van der Waals surface area (Å²) in [4.78, 5) is 22.5. The average Bonchev–Trinajstić information content (AvgIpc) is 2.61. The van der Waals surface area contributed by atoms with Gasteiger partial charge in [-0.15, -0.1) is 0 Å². The van der Waals surface area contributed by atoms with Gasteiger partial charge in [-0.2, -0.15) is 4.98 Å². The van der Waals surface area contributed by atoms with Crippen LogP contribution in [0.25, 0.3) is 0 Å². The van der Waals surface area contributed by atoms with E-state index in [1.807, 2.05) is 14.1 Å². The number of carbonyl (C=O) groups is 1. The SMILES string of the molecule is COc1ncc(NC(=O)c2ccc(OC)c(OC)c2)c(N(C)C)n1. The molecule has 0 fully saturated rings. The summed E-state index contributed by atoms with van der Waals surface area (Å²) in [5.74, 6) is 1.25. The summed E-state index contributed by atoms with van der Waals surface area (Å²) >= 11 is 0. The van der Waals surface area contributed by atoms with Crippen LogP contribution in [0.1, 0.15) is 10.4 Å². The van der Waals surface area contributed by atoms with E-state index in [4.69, 9.17) is 14.2 Å². The lowest BCUT2D eigenvalue weighted by atomic mass is 10.2. The van der Waals surface area contributed by atoms with Crippen LogP contribution in [-0.4, -0.2) is 51.3 Å². The molecule has 0 bridgehead atoms.